The molecule has 0 radical (unpaired) electrons. The Bertz CT molecular complexity index is 360. The zero-order chi connectivity index (χ0) is 10.6. The molecule has 1 heterocycles. The molecule has 0 unspecified atom stereocenters. The lowest BCUT2D eigenvalue weighted by Gasteiger charge is -2.06. The summed E-state index contributed by atoms with van der Waals surface area (Å²) in [6.07, 6.45) is -1.29. The van der Waals surface area contributed by atoms with E-state index in [1.807, 2.05) is 6.07 Å². The van der Waals surface area contributed by atoms with Gasteiger partial charge in [0.25, 0.3) is 6.43 Å². The highest BCUT2D eigenvalue weighted by Crippen LogP contribution is 2.24. The van der Waals surface area contributed by atoms with Gasteiger partial charge < -0.3 is 4.74 Å². The molecule has 14 heavy (non-hydrogen) atoms. The monoisotopic (exact) mass is 198 g/mol. The summed E-state index contributed by atoms with van der Waals surface area (Å²) in [6.45, 7) is 0. The van der Waals surface area contributed by atoms with E-state index in [2.05, 4.69) is 4.98 Å². The molecule has 0 aliphatic carbocycles. The van der Waals surface area contributed by atoms with Gasteiger partial charge in [-0.1, -0.05) is 0 Å². The van der Waals surface area contributed by atoms with Crippen molar-refractivity contribution in [3.05, 3.63) is 23.5 Å². The minimum Gasteiger partial charge on any atom is -0.496 e. The molecule has 0 saturated carbocycles. The zero-order valence-corrected chi connectivity index (χ0v) is 7.50. The summed E-state index contributed by atoms with van der Waals surface area (Å²) >= 11 is 0. The lowest BCUT2D eigenvalue weighted by Crippen LogP contribution is -1.97. The van der Waals surface area contributed by atoms with Gasteiger partial charge in [0.15, 0.2) is 0 Å². The summed E-state index contributed by atoms with van der Waals surface area (Å²) in [6, 6.07) is 3.05. The van der Waals surface area contributed by atoms with Crippen LogP contribution in [0.15, 0.2) is 12.3 Å². The van der Waals surface area contributed by atoms with Gasteiger partial charge in [0.1, 0.15) is 11.4 Å². The number of nitriles is 1. The van der Waals surface area contributed by atoms with Crippen molar-refractivity contribution in [2.75, 3.05) is 7.11 Å². The molecule has 5 heteroatoms. The number of hydrogen-bond donors (Lipinski definition) is 0. The maximum Gasteiger partial charge on any atom is 0.280 e. The van der Waals surface area contributed by atoms with E-state index in [-0.39, 0.29) is 17.9 Å². The van der Waals surface area contributed by atoms with Crippen molar-refractivity contribution in [2.45, 2.75) is 12.8 Å². The van der Waals surface area contributed by atoms with E-state index in [4.69, 9.17) is 10.00 Å². The Labute approximate surface area is 79.9 Å². The van der Waals surface area contributed by atoms with Crippen LogP contribution in [-0.2, 0) is 6.42 Å². The van der Waals surface area contributed by atoms with Crippen LogP contribution in [-0.4, -0.2) is 12.1 Å². The van der Waals surface area contributed by atoms with Gasteiger partial charge in [-0.15, -0.1) is 0 Å². The van der Waals surface area contributed by atoms with E-state index in [9.17, 15) is 8.78 Å². The third-order valence-corrected chi connectivity index (χ3v) is 1.68. The fraction of sp³-hybridized carbons (Fsp3) is 0.333. The molecule has 1 aromatic rings. The van der Waals surface area contributed by atoms with E-state index in [1.54, 1.807) is 0 Å². The first kappa shape index (κ1) is 10.4. The molecule has 0 atom stereocenters. The van der Waals surface area contributed by atoms with E-state index in [1.165, 1.54) is 13.3 Å². The number of nitrogens with zero attached hydrogens (tertiary/aromatic N) is 2. The minimum absolute atomic E-state index is 0.0969. The summed E-state index contributed by atoms with van der Waals surface area (Å²) in [7, 11) is 1.37. The van der Waals surface area contributed by atoms with Crippen molar-refractivity contribution in [1.82, 2.24) is 4.98 Å². The normalized spacial score (nSPS) is 9.93. The molecule has 0 spiro atoms. The summed E-state index contributed by atoms with van der Waals surface area (Å²) in [5.74, 6) is 0.275. The quantitative estimate of drug-likeness (QED) is 0.747. The van der Waals surface area contributed by atoms with Gasteiger partial charge in [0, 0.05) is 17.8 Å². The van der Waals surface area contributed by atoms with Crippen LogP contribution < -0.4 is 4.74 Å². The Morgan fingerprint density at radius 1 is 1.64 bits per heavy atom. The topological polar surface area (TPSA) is 45.9 Å². The van der Waals surface area contributed by atoms with Crippen molar-refractivity contribution in [2.24, 2.45) is 0 Å². The van der Waals surface area contributed by atoms with Crippen LogP contribution in [0.2, 0.25) is 0 Å². The van der Waals surface area contributed by atoms with Gasteiger partial charge in [-0.3, -0.25) is 4.98 Å². The molecule has 0 bridgehead atoms. The van der Waals surface area contributed by atoms with E-state index >= 15 is 0 Å². The molecular formula is C9H8F2N2O. The molecule has 0 N–H and O–H groups in total. The SMILES string of the molecule is COc1cc(C(F)F)ncc1CC#N. The van der Waals surface area contributed by atoms with E-state index in [0.29, 0.717) is 5.56 Å². The predicted molar refractivity (Wildman–Crippen MR) is 45.1 cm³/mol. The summed E-state index contributed by atoms with van der Waals surface area (Å²) in [4.78, 5) is 3.52. The van der Waals surface area contributed by atoms with Gasteiger partial charge in [-0.05, 0) is 0 Å². The molecule has 3 nitrogen and oxygen atoms in total. The molecule has 0 saturated heterocycles. The van der Waals surface area contributed by atoms with Crippen molar-refractivity contribution in [1.29, 1.82) is 5.26 Å². The second-order valence-corrected chi connectivity index (χ2v) is 2.56. The zero-order valence-electron chi connectivity index (χ0n) is 7.50. The molecular weight excluding hydrogens is 190 g/mol. The van der Waals surface area contributed by atoms with Crippen LogP contribution in [0.25, 0.3) is 0 Å². The average Bonchev–Trinajstić information content (AvgIpc) is 2.18. The van der Waals surface area contributed by atoms with Crippen molar-refractivity contribution in [3.63, 3.8) is 0 Å². The second-order valence-electron chi connectivity index (χ2n) is 2.56. The minimum atomic E-state index is -2.62. The van der Waals surface area contributed by atoms with Crippen molar-refractivity contribution in [3.8, 4) is 11.8 Å². The highest BCUT2D eigenvalue weighted by atomic mass is 19.3. The fourth-order valence-electron chi connectivity index (χ4n) is 1.01. The lowest BCUT2D eigenvalue weighted by atomic mass is 10.2. The number of alkyl halides is 2. The maximum absolute atomic E-state index is 12.2. The number of hydrogen-bond acceptors (Lipinski definition) is 3. The van der Waals surface area contributed by atoms with Gasteiger partial charge in [0.2, 0.25) is 0 Å². The fourth-order valence-corrected chi connectivity index (χ4v) is 1.01. The van der Waals surface area contributed by atoms with Gasteiger partial charge >= 0.3 is 0 Å². The predicted octanol–water partition coefficient (Wildman–Crippen LogP) is 2.09. The number of aromatic nitrogens is 1. The Balaban J connectivity index is 3.06. The molecule has 1 aromatic heterocycles. The Hall–Kier alpha value is -1.70. The van der Waals surface area contributed by atoms with Gasteiger partial charge in [-0.25, -0.2) is 8.78 Å². The highest BCUT2D eigenvalue weighted by Gasteiger charge is 2.12. The smallest absolute Gasteiger partial charge is 0.280 e. The molecule has 0 aliphatic heterocycles. The summed E-state index contributed by atoms with van der Waals surface area (Å²) in [5, 5.41) is 8.44. The largest absolute Gasteiger partial charge is 0.496 e. The van der Waals surface area contributed by atoms with Crippen LogP contribution in [0, 0.1) is 11.3 Å². The molecule has 0 fully saturated rings. The Kier molecular flexibility index (Phi) is 3.35. The first-order valence-electron chi connectivity index (χ1n) is 3.87. The number of methoxy groups -OCH3 is 1. The van der Waals surface area contributed by atoms with Crippen LogP contribution in [0.4, 0.5) is 8.78 Å². The molecule has 0 aromatic carbocycles. The van der Waals surface area contributed by atoms with E-state index in [0.717, 1.165) is 6.07 Å². The van der Waals surface area contributed by atoms with Crippen LogP contribution in [0.5, 0.6) is 5.75 Å². The van der Waals surface area contributed by atoms with Crippen molar-refractivity contribution < 1.29 is 13.5 Å². The molecule has 0 aliphatic rings. The van der Waals surface area contributed by atoms with Crippen LogP contribution >= 0.6 is 0 Å². The van der Waals surface area contributed by atoms with Crippen molar-refractivity contribution >= 4 is 0 Å². The number of pyridine rings is 1. The highest BCUT2D eigenvalue weighted by molar-refractivity contribution is 5.35. The van der Waals surface area contributed by atoms with Gasteiger partial charge in [0.05, 0.1) is 19.6 Å². The number of halogens is 2. The molecule has 1 rings (SSSR count). The Morgan fingerprint density at radius 2 is 2.36 bits per heavy atom. The second kappa shape index (κ2) is 4.51. The molecule has 74 valence electrons. The third-order valence-electron chi connectivity index (χ3n) is 1.68. The van der Waals surface area contributed by atoms with E-state index < -0.39 is 6.43 Å². The lowest BCUT2D eigenvalue weighted by molar-refractivity contribution is 0.145. The average molecular weight is 198 g/mol. The number of ether oxygens (including phenoxy) is 1. The maximum atomic E-state index is 12.2. The standard InChI is InChI=1S/C9H8F2N2O/c1-14-8-4-7(9(10)11)13-5-6(8)2-3-12/h4-5,9H,2H2,1H3. The van der Waals surface area contributed by atoms with Crippen LogP contribution in [0.3, 0.4) is 0 Å². The Morgan fingerprint density at radius 3 is 2.86 bits per heavy atom. The first-order valence-corrected chi connectivity index (χ1v) is 3.87. The first-order chi connectivity index (χ1) is 6.69. The van der Waals surface area contributed by atoms with Gasteiger partial charge in [-0.2, -0.15) is 5.26 Å². The summed E-state index contributed by atoms with van der Waals surface area (Å²) < 4.78 is 29.3. The number of rotatable bonds is 3. The molecule has 0 amide bonds. The van der Waals surface area contributed by atoms with Crippen LogP contribution in [0.1, 0.15) is 17.7 Å². The third kappa shape index (κ3) is 2.16. The summed E-state index contributed by atoms with van der Waals surface area (Å²) in [5.41, 5.74) is 0.169.